The molecule has 0 aromatic heterocycles. The molecule has 2 N–H and O–H groups in total. The molecule has 4 aromatic rings. The first-order chi connectivity index (χ1) is 16.1. The fourth-order valence-corrected chi connectivity index (χ4v) is 3.08. The monoisotopic (exact) mass is 510 g/mol. The van der Waals surface area contributed by atoms with E-state index in [0.717, 1.165) is 11.4 Å². The molecule has 4 nitrogen and oxygen atoms in total. The van der Waals surface area contributed by atoms with Gasteiger partial charge in [0.05, 0.1) is 11.4 Å². The molecule has 0 fully saturated rings. The number of rotatable bonds is 5. The van der Waals surface area contributed by atoms with E-state index in [4.69, 9.17) is 18.6 Å². The first-order valence-corrected chi connectivity index (χ1v) is 14.2. The summed E-state index contributed by atoms with van der Waals surface area (Å²) in [6.45, 7) is 0. The molecule has 0 saturated carbocycles. The molecule has 4 rings (SSSR count). The minimum atomic E-state index is -0.556. The normalized spacial score (nSPS) is 10.7. The van der Waals surface area contributed by atoms with Crippen LogP contribution in [0.3, 0.4) is 0 Å². The molecule has 0 amide bonds. The average molecular weight is 511 g/mol. The van der Waals surface area contributed by atoms with Crippen molar-refractivity contribution < 1.29 is 27.2 Å². The second kappa shape index (κ2) is 13.0. The van der Waals surface area contributed by atoms with Crippen molar-refractivity contribution in [2.45, 2.75) is 0 Å². The molecule has 33 heavy (non-hydrogen) atoms. The Labute approximate surface area is 209 Å². The number of aromatic hydroxyl groups is 2. The summed E-state index contributed by atoms with van der Waals surface area (Å²) < 4.78 is 0. The second-order valence-electron chi connectivity index (χ2n) is 6.75. The van der Waals surface area contributed by atoms with Crippen molar-refractivity contribution in [3.63, 3.8) is 0 Å². The van der Waals surface area contributed by atoms with Crippen LogP contribution in [0.25, 0.3) is 11.1 Å². The molecule has 0 aliphatic carbocycles. The van der Waals surface area contributed by atoms with Crippen molar-refractivity contribution in [1.29, 1.82) is 0 Å². The first kappa shape index (κ1) is 24.8. The Kier molecular flexibility index (Phi) is 9.73. The summed E-state index contributed by atoms with van der Waals surface area (Å²) in [4.78, 5) is 8.81. The van der Waals surface area contributed by atoms with Gasteiger partial charge in [-0.2, -0.15) is 0 Å². The Morgan fingerprint density at radius 2 is 0.909 bits per heavy atom. The van der Waals surface area contributed by atoms with Crippen LogP contribution < -0.4 is 0 Å². The number of aliphatic imine (C=N–C) groups is 2. The standard InChI is InChI=1S/C26H20N2O2.2ClH.Ti/c29-25-19(17-27-21-11-3-1-4-12-21)9-7-15-23(25)24-16-8-10-20(26(24)30)18-28-22-13-5-2-6-14-22;;;/h1-18,29-30H;2*1H;/q;;;+2/p-2. The van der Waals surface area contributed by atoms with Crippen LogP contribution in [0.5, 0.6) is 11.5 Å². The van der Waals surface area contributed by atoms with E-state index in [9.17, 15) is 10.2 Å². The minimum absolute atomic E-state index is 0.0598. The Morgan fingerprint density at radius 3 is 1.27 bits per heavy atom. The molecular weight excluding hydrogens is 491 g/mol. The van der Waals surface area contributed by atoms with E-state index in [0.29, 0.717) is 22.3 Å². The Bertz CT molecular complexity index is 1140. The number of hydrogen-bond donors (Lipinski definition) is 2. The number of nitrogens with zero attached hydrogens (tertiary/aromatic N) is 2. The van der Waals surface area contributed by atoms with Crippen molar-refractivity contribution in [2.75, 3.05) is 0 Å². The zero-order valence-electron chi connectivity index (χ0n) is 17.4. The SMILES string of the molecule is Oc1c(C=Nc2ccccc2)cccc1-c1cccc(C=Nc2ccccc2)c1O.[Cl][Ti][Cl]. The molecule has 0 radical (unpaired) electrons. The molecule has 164 valence electrons. The molecule has 0 atom stereocenters. The summed E-state index contributed by atoms with van der Waals surface area (Å²) in [7, 11) is 9.78. The summed E-state index contributed by atoms with van der Waals surface area (Å²) in [5.74, 6) is 0.120. The summed E-state index contributed by atoms with van der Waals surface area (Å²) in [5, 5.41) is 21.6. The van der Waals surface area contributed by atoms with Gasteiger partial charge < -0.3 is 10.2 Å². The Morgan fingerprint density at radius 1 is 0.545 bits per heavy atom. The van der Waals surface area contributed by atoms with E-state index in [-0.39, 0.29) is 11.5 Å². The third-order valence-electron chi connectivity index (χ3n) is 4.64. The number of hydrogen-bond acceptors (Lipinski definition) is 4. The number of phenolic OH excluding ortho intramolecular Hbond substituents is 2. The van der Waals surface area contributed by atoms with Crippen LogP contribution in [-0.4, -0.2) is 22.6 Å². The molecule has 0 spiro atoms. The van der Waals surface area contributed by atoms with Crippen LogP contribution in [0.1, 0.15) is 11.1 Å². The molecule has 4 aromatic carbocycles. The molecule has 0 unspecified atom stereocenters. The van der Waals surface area contributed by atoms with Gasteiger partial charge in [0.15, 0.2) is 0 Å². The summed E-state index contributed by atoms with van der Waals surface area (Å²) in [6.07, 6.45) is 3.23. The third-order valence-corrected chi connectivity index (χ3v) is 4.64. The van der Waals surface area contributed by atoms with Crippen LogP contribution >= 0.6 is 18.6 Å². The van der Waals surface area contributed by atoms with Gasteiger partial charge in [-0.3, -0.25) is 9.98 Å². The van der Waals surface area contributed by atoms with Gasteiger partial charge in [0.25, 0.3) is 0 Å². The van der Waals surface area contributed by atoms with E-state index in [1.807, 2.05) is 72.8 Å². The molecule has 0 aliphatic rings. The second-order valence-corrected chi connectivity index (χ2v) is 9.32. The predicted octanol–water partition coefficient (Wildman–Crippen LogP) is 7.64. The van der Waals surface area contributed by atoms with Crippen LogP contribution in [0.4, 0.5) is 11.4 Å². The number of halogens is 2. The number of para-hydroxylation sites is 4. The van der Waals surface area contributed by atoms with Gasteiger partial charge in [0.1, 0.15) is 11.5 Å². The Balaban J connectivity index is 0.000000968. The fourth-order valence-electron chi connectivity index (χ4n) is 3.08. The van der Waals surface area contributed by atoms with Gasteiger partial charge in [0.2, 0.25) is 0 Å². The summed E-state index contributed by atoms with van der Waals surface area (Å²) in [6, 6.07) is 29.8. The van der Waals surface area contributed by atoms with Crippen molar-refractivity contribution in [1.82, 2.24) is 0 Å². The zero-order valence-corrected chi connectivity index (χ0v) is 20.5. The van der Waals surface area contributed by atoms with Gasteiger partial charge >= 0.3 is 35.6 Å². The topological polar surface area (TPSA) is 65.2 Å². The van der Waals surface area contributed by atoms with Gasteiger partial charge in [-0.25, -0.2) is 0 Å². The van der Waals surface area contributed by atoms with Crippen molar-refractivity contribution in [3.05, 3.63) is 108 Å². The predicted molar refractivity (Wildman–Crippen MR) is 134 cm³/mol. The molecular formula is C26H20Cl2N2O2Ti. The van der Waals surface area contributed by atoms with Crippen molar-refractivity contribution >= 4 is 42.4 Å². The van der Waals surface area contributed by atoms with Gasteiger partial charge in [-0.15, -0.1) is 0 Å². The molecule has 0 aliphatic heterocycles. The molecule has 0 bridgehead atoms. The van der Waals surface area contributed by atoms with Crippen molar-refractivity contribution in [3.8, 4) is 22.6 Å². The number of phenols is 2. The summed E-state index contributed by atoms with van der Waals surface area (Å²) >= 11 is -0.556. The quantitative estimate of drug-likeness (QED) is 0.214. The van der Waals surface area contributed by atoms with Crippen LogP contribution in [0.15, 0.2) is 107 Å². The molecule has 0 saturated heterocycles. The van der Waals surface area contributed by atoms with Crippen molar-refractivity contribution in [2.24, 2.45) is 9.98 Å². The first-order valence-electron chi connectivity index (χ1n) is 9.93. The molecule has 7 heteroatoms. The average Bonchev–Trinajstić information content (AvgIpc) is 2.85. The van der Waals surface area contributed by atoms with E-state index >= 15 is 0 Å². The van der Waals surface area contributed by atoms with Crippen LogP contribution in [-0.2, 0) is 17.0 Å². The van der Waals surface area contributed by atoms with E-state index < -0.39 is 17.0 Å². The zero-order chi connectivity index (χ0) is 23.5. The number of benzene rings is 4. The van der Waals surface area contributed by atoms with E-state index in [1.54, 1.807) is 36.7 Å². The van der Waals surface area contributed by atoms with Gasteiger partial charge in [-0.1, -0.05) is 60.7 Å². The van der Waals surface area contributed by atoms with Gasteiger partial charge in [-0.05, 0) is 36.4 Å². The summed E-state index contributed by atoms with van der Waals surface area (Å²) in [5.41, 5.74) is 3.78. The molecule has 0 heterocycles. The van der Waals surface area contributed by atoms with Crippen LogP contribution in [0.2, 0.25) is 0 Å². The maximum absolute atomic E-state index is 10.8. The fraction of sp³-hybridized carbons (Fsp3) is 0. The maximum atomic E-state index is 10.8. The third kappa shape index (κ3) is 7.05. The van der Waals surface area contributed by atoms with E-state index in [1.165, 1.54) is 0 Å². The van der Waals surface area contributed by atoms with E-state index in [2.05, 4.69) is 9.98 Å². The Hall–Kier alpha value is -2.89. The van der Waals surface area contributed by atoms with Gasteiger partial charge in [0, 0.05) is 34.7 Å². The van der Waals surface area contributed by atoms with Crippen LogP contribution in [0, 0.1) is 0 Å².